The van der Waals surface area contributed by atoms with Crippen LogP contribution in [0.1, 0.15) is 19.4 Å². The van der Waals surface area contributed by atoms with Crippen LogP contribution in [0.5, 0.6) is 23.0 Å². The third-order valence-corrected chi connectivity index (χ3v) is 4.25. The van der Waals surface area contributed by atoms with Crippen molar-refractivity contribution in [1.82, 2.24) is 10.6 Å². The fourth-order valence-corrected chi connectivity index (χ4v) is 2.75. The molecule has 2 aromatic carbocycles. The molecule has 31 heavy (non-hydrogen) atoms. The molecule has 1 atom stereocenters. The first kappa shape index (κ1) is 26.6. The van der Waals surface area contributed by atoms with Gasteiger partial charge in [-0.3, -0.25) is 0 Å². The van der Waals surface area contributed by atoms with E-state index in [1.807, 2.05) is 19.9 Å². The molecule has 0 aromatic heterocycles. The summed E-state index contributed by atoms with van der Waals surface area (Å²) in [4.78, 5) is 4.63. The summed E-state index contributed by atoms with van der Waals surface area (Å²) < 4.78 is 35.0. The number of methoxy groups -OCH3 is 3. The van der Waals surface area contributed by atoms with Gasteiger partial charge in [0.25, 0.3) is 0 Å². The fraction of sp³-hybridized carbons (Fsp3) is 0.409. The van der Waals surface area contributed by atoms with E-state index >= 15 is 0 Å². The normalized spacial score (nSPS) is 11.7. The topological polar surface area (TPSA) is 73.3 Å². The number of aliphatic imine (C=N–C) groups is 1. The van der Waals surface area contributed by atoms with Gasteiger partial charge in [0.2, 0.25) is 0 Å². The monoisotopic (exact) mass is 547 g/mol. The summed E-state index contributed by atoms with van der Waals surface area (Å²) in [6, 6.07) is 9.59. The van der Waals surface area contributed by atoms with Crippen LogP contribution in [0.15, 0.2) is 41.4 Å². The molecule has 2 N–H and O–H groups in total. The van der Waals surface area contributed by atoms with Gasteiger partial charge < -0.3 is 29.6 Å². The smallest absolute Gasteiger partial charge is 0.191 e. The van der Waals surface area contributed by atoms with Crippen molar-refractivity contribution in [2.24, 2.45) is 4.99 Å². The molecule has 2 aromatic rings. The first-order valence-electron chi connectivity index (χ1n) is 9.74. The van der Waals surface area contributed by atoms with E-state index in [1.165, 1.54) is 12.1 Å². The Labute approximate surface area is 200 Å². The number of ether oxygens (including phenoxy) is 4. The molecule has 0 saturated heterocycles. The molecular weight excluding hydrogens is 516 g/mol. The maximum absolute atomic E-state index is 13.0. The molecule has 0 bridgehead atoms. The van der Waals surface area contributed by atoms with Crippen molar-refractivity contribution in [2.45, 2.75) is 26.5 Å². The zero-order valence-electron chi connectivity index (χ0n) is 18.5. The van der Waals surface area contributed by atoms with Crippen molar-refractivity contribution in [3.8, 4) is 23.0 Å². The SMILES string of the molecule is CCNC(=NCc1cc(OC)c(OC)cc1OC)NCC(C)Oc1ccc(F)cc1.I. The molecule has 7 nitrogen and oxygen atoms in total. The number of halogens is 2. The molecule has 0 aliphatic rings. The lowest BCUT2D eigenvalue weighted by atomic mass is 10.1. The highest BCUT2D eigenvalue weighted by Crippen LogP contribution is 2.34. The summed E-state index contributed by atoms with van der Waals surface area (Å²) in [5.41, 5.74) is 0.864. The summed E-state index contributed by atoms with van der Waals surface area (Å²) in [6.07, 6.45) is -0.144. The zero-order chi connectivity index (χ0) is 21.9. The van der Waals surface area contributed by atoms with Crippen molar-refractivity contribution in [2.75, 3.05) is 34.4 Å². The average molecular weight is 547 g/mol. The molecular formula is C22H31FIN3O4. The van der Waals surface area contributed by atoms with E-state index in [-0.39, 0.29) is 35.9 Å². The lowest BCUT2D eigenvalue weighted by molar-refractivity contribution is 0.223. The number of hydrogen-bond donors (Lipinski definition) is 2. The highest BCUT2D eigenvalue weighted by Gasteiger charge is 2.12. The lowest BCUT2D eigenvalue weighted by Crippen LogP contribution is -2.41. The molecule has 0 saturated carbocycles. The Morgan fingerprint density at radius 3 is 2.16 bits per heavy atom. The van der Waals surface area contributed by atoms with E-state index in [1.54, 1.807) is 39.5 Å². The molecule has 0 aliphatic heterocycles. The number of benzene rings is 2. The van der Waals surface area contributed by atoms with Crippen LogP contribution in [0.3, 0.4) is 0 Å². The van der Waals surface area contributed by atoms with Crippen molar-refractivity contribution >= 4 is 29.9 Å². The number of hydrogen-bond acceptors (Lipinski definition) is 5. The predicted molar refractivity (Wildman–Crippen MR) is 131 cm³/mol. The van der Waals surface area contributed by atoms with Gasteiger partial charge >= 0.3 is 0 Å². The zero-order valence-corrected chi connectivity index (χ0v) is 20.9. The fourth-order valence-electron chi connectivity index (χ4n) is 2.75. The molecule has 0 fully saturated rings. The van der Waals surface area contributed by atoms with Gasteiger partial charge in [0.1, 0.15) is 23.4 Å². The highest BCUT2D eigenvalue weighted by molar-refractivity contribution is 14.0. The van der Waals surface area contributed by atoms with Gasteiger partial charge in [-0.05, 0) is 44.2 Å². The van der Waals surface area contributed by atoms with Gasteiger partial charge in [0, 0.05) is 18.2 Å². The minimum atomic E-state index is -0.291. The van der Waals surface area contributed by atoms with Crippen molar-refractivity contribution < 1.29 is 23.3 Å². The standard InChI is InChI=1S/C22H30FN3O4.HI/c1-6-24-22(25-13-15(2)30-18-9-7-17(23)8-10-18)26-14-16-11-20(28-4)21(29-5)12-19(16)27-3;/h7-12,15H,6,13-14H2,1-5H3,(H2,24,25,26);1H. The Bertz CT molecular complexity index is 834. The number of nitrogens with zero attached hydrogens (tertiary/aromatic N) is 1. The Hall–Kier alpha value is -2.43. The lowest BCUT2D eigenvalue weighted by Gasteiger charge is -2.18. The predicted octanol–water partition coefficient (Wildman–Crippen LogP) is 3.99. The maximum Gasteiger partial charge on any atom is 0.191 e. The van der Waals surface area contributed by atoms with Crippen LogP contribution in [-0.4, -0.2) is 46.5 Å². The number of rotatable bonds is 10. The quantitative estimate of drug-likeness (QED) is 0.266. The number of guanidine groups is 1. The van der Waals surface area contributed by atoms with Crippen LogP contribution >= 0.6 is 24.0 Å². The second kappa shape index (κ2) is 13.8. The number of nitrogens with one attached hydrogen (secondary N) is 2. The van der Waals surface area contributed by atoms with Crippen molar-refractivity contribution in [1.29, 1.82) is 0 Å². The maximum atomic E-state index is 13.0. The molecule has 1 unspecified atom stereocenters. The molecule has 2 rings (SSSR count). The van der Waals surface area contributed by atoms with Gasteiger partial charge in [-0.2, -0.15) is 0 Å². The van der Waals surface area contributed by atoms with Gasteiger partial charge in [0.15, 0.2) is 17.5 Å². The summed E-state index contributed by atoms with van der Waals surface area (Å²) in [7, 11) is 4.77. The van der Waals surface area contributed by atoms with E-state index in [9.17, 15) is 4.39 Å². The Morgan fingerprint density at radius 2 is 1.58 bits per heavy atom. The van der Waals surface area contributed by atoms with Crippen molar-refractivity contribution in [3.05, 3.63) is 47.8 Å². The largest absolute Gasteiger partial charge is 0.496 e. The Kier molecular flexibility index (Phi) is 11.8. The summed E-state index contributed by atoms with van der Waals surface area (Å²) in [5, 5.41) is 6.46. The molecule has 0 heterocycles. The van der Waals surface area contributed by atoms with E-state index in [0.29, 0.717) is 48.6 Å². The summed E-state index contributed by atoms with van der Waals surface area (Å²) in [6.45, 7) is 5.53. The molecule has 9 heteroatoms. The highest BCUT2D eigenvalue weighted by atomic mass is 127. The Morgan fingerprint density at radius 1 is 0.968 bits per heavy atom. The molecule has 0 radical (unpaired) electrons. The van der Waals surface area contributed by atoms with Crippen LogP contribution in [0.4, 0.5) is 4.39 Å². The second-order valence-electron chi connectivity index (χ2n) is 6.48. The van der Waals surface area contributed by atoms with Crippen LogP contribution in [0.25, 0.3) is 0 Å². The van der Waals surface area contributed by atoms with Gasteiger partial charge in [-0.15, -0.1) is 24.0 Å². The van der Waals surface area contributed by atoms with Gasteiger partial charge in [0.05, 0.1) is 34.4 Å². The molecule has 0 spiro atoms. The molecule has 172 valence electrons. The van der Waals surface area contributed by atoms with E-state index in [0.717, 1.165) is 5.56 Å². The van der Waals surface area contributed by atoms with Crippen LogP contribution in [0, 0.1) is 5.82 Å². The molecule has 0 aliphatic carbocycles. The van der Waals surface area contributed by atoms with Gasteiger partial charge in [-0.1, -0.05) is 0 Å². The van der Waals surface area contributed by atoms with Crippen LogP contribution in [-0.2, 0) is 6.54 Å². The Balaban J connectivity index is 0.00000480. The minimum Gasteiger partial charge on any atom is -0.496 e. The van der Waals surface area contributed by atoms with E-state index < -0.39 is 0 Å². The molecule has 0 amide bonds. The second-order valence-corrected chi connectivity index (χ2v) is 6.48. The average Bonchev–Trinajstić information content (AvgIpc) is 2.76. The van der Waals surface area contributed by atoms with Crippen molar-refractivity contribution in [3.63, 3.8) is 0 Å². The first-order valence-corrected chi connectivity index (χ1v) is 9.74. The van der Waals surface area contributed by atoms with E-state index in [2.05, 4.69) is 15.6 Å². The summed E-state index contributed by atoms with van der Waals surface area (Å²) >= 11 is 0. The van der Waals surface area contributed by atoms with Crippen LogP contribution in [0.2, 0.25) is 0 Å². The summed E-state index contributed by atoms with van der Waals surface area (Å²) in [5.74, 6) is 2.84. The van der Waals surface area contributed by atoms with Crippen LogP contribution < -0.4 is 29.6 Å². The van der Waals surface area contributed by atoms with Gasteiger partial charge in [-0.25, -0.2) is 9.38 Å². The van der Waals surface area contributed by atoms with E-state index in [4.69, 9.17) is 18.9 Å². The minimum absolute atomic E-state index is 0. The third kappa shape index (κ3) is 8.31. The first-order chi connectivity index (χ1) is 14.5. The third-order valence-electron chi connectivity index (χ3n) is 4.25.